The zero-order valence-corrected chi connectivity index (χ0v) is 17.7. The maximum Gasteiger partial charge on any atom is 0.261 e. The van der Waals surface area contributed by atoms with Crippen molar-refractivity contribution in [3.63, 3.8) is 0 Å². The van der Waals surface area contributed by atoms with E-state index in [-0.39, 0.29) is 22.5 Å². The first kappa shape index (κ1) is 21.0. The van der Waals surface area contributed by atoms with Crippen LogP contribution in [-0.2, 0) is 10.0 Å². The number of rotatable bonds is 7. The maximum absolute atomic E-state index is 12.9. The van der Waals surface area contributed by atoms with Crippen LogP contribution in [0.2, 0.25) is 0 Å². The summed E-state index contributed by atoms with van der Waals surface area (Å²) in [5, 5.41) is 0. The van der Waals surface area contributed by atoms with Crippen LogP contribution in [0, 0.1) is 0 Å². The van der Waals surface area contributed by atoms with Gasteiger partial charge in [-0.25, -0.2) is 8.42 Å². The number of hydrogen-bond donors (Lipinski definition) is 1. The largest absolute Gasteiger partial charge is 0.496 e. The molecule has 2 aromatic carbocycles. The van der Waals surface area contributed by atoms with Gasteiger partial charge in [0.25, 0.3) is 15.9 Å². The third kappa shape index (κ3) is 5.00. The Labute approximate surface area is 171 Å². The second-order valence-corrected chi connectivity index (χ2v) is 8.84. The Bertz CT molecular complexity index is 982. The number of nitrogens with zero attached hydrogens (tertiary/aromatic N) is 1. The second-order valence-electron chi connectivity index (χ2n) is 7.16. The Morgan fingerprint density at radius 1 is 1.10 bits per heavy atom. The Balaban J connectivity index is 1.89. The first-order chi connectivity index (χ1) is 13.8. The number of carbonyl (C=O) groups is 1. The van der Waals surface area contributed by atoms with Crippen LogP contribution in [-0.4, -0.2) is 45.5 Å². The molecular weight excluding hydrogens is 392 g/mol. The highest BCUT2D eigenvalue weighted by atomic mass is 32.2. The van der Waals surface area contributed by atoms with E-state index in [1.165, 1.54) is 25.3 Å². The van der Waals surface area contributed by atoms with E-state index < -0.39 is 10.0 Å². The van der Waals surface area contributed by atoms with Gasteiger partial charge in [0.15, 0.2) is 0 Å². The summed E-state index contributed by atoms with van der Waals surface area (Å²) in [4.78, 5) is 14.5. The summed E-state index contributed by atoms with van der Waals surface area (Å²) in [6.45, 7) is 5.12. The molecule has 1 heterocycles. The fourth-order valence-corrected chi connectivity index (χ4v) is 4.31. The summed E-state index contributed by atoms with van der Waals surface area (Å²) in [7, 11) is -2.43. The van der Waals surface area contributed by atoms with E-state index >= 15 is 0 Å². The molecule has 1 saturated heterocycles. The highest BCUT2D eigenvalue weighted by Gasteiger charge is 2.25. The predicted octanol–water partition coefficient (Wildman–Crippen LogP) is 3.52. The molecule has 0 bridgehead atoms. The molecule has 1 N–H and O–H groups in total. The molecule has 8 heteroatoms. The van der Waals surface area contributed by atoms with Crippen LogP contribution < -0.4 is 14.2 Å². The number of anilines is 1. The average Bonchev–Trinajstić information content (AvgIpc) is 3.21. The van der Waals surface area contributed by atoms with Crippen LogP contribution in [0.5, 0.6) is 11.5 Å². The lowest BCUT2D eigenvalue weighted by Gasteiger charge is -2.18. The van der Waals surface area contributed by atoms with Crippen molar-refractivity contribution >= 4 is 21.6 Å². The van der Waals surface area contributed by atoms with Crippen molar-refractivity contribution in [3.8, 4) is 11.5 Å². The number of methoxy groups -OCH3 is 1. The monoisotopic (exact) mass is 418 g/mol. The van der Waals surface area contributed by atoms with Crippen LogP contribution in [0.15, 0.2) is 47.4 Å². The van der Waals surface area contributed by atoms with Crippen molar-refractivity contribution < 1.29 is 22.7 Å². The normalized spacial score (nSPS) is 14.1. The standard InChI is InChI=1S/C21H26N2O5S/c1-15(2)28-17-8-6-7-16(13-17)22-29(25,26)18-9-10-20(27-3)19(14-18)21(24)23-11-4-5-12-23/h6-10,13-15,22H,4-5,11-12H2,1-3H3. The molecule has 0 saturated carbocycles. The number of likely N-dealkylation sites (tertiary alicyclic amines) is 1. The van der Waals surface area contributed by atoms with Crippen LogP contribution in [0.4, 0.5) is 5.69 Å². The van der Waals surface area contributed by atoms with Gasteiger partial charge >= 0.3 is 0 Å². The van der Waals surface area contributed by atoms with Gasteiger partial charge in [0.2, 0.25) is 0 Å². The number of benzene rings is 2. The molecule has 7 nitrogen and oxygen atoms in total. The van der Waals surface area contributed by atoms with Gasteiger partial charge in [-0.3, -0.25) is 9.52 Å². The van der Waals surface area contributed by atoms with Crippen LogP contribution in [0.25, 0.3) is 0 Å². The van der Waals surface area contributed by atoms with Gasteiger partial charge in [0.1, 0.15) is 11.5 Å². The van der Waals surface area contributed by atoms with Crippen LogP contribution in [0.3, 0.4) is 0 Å². The zero-order chi connectivity index (χ0) is 21.0. The summed E-state index contributed by atoms with van der Waals surface area (Å²) in [5.74, 6) is 0.705. The summed E-state index contributed by atoms with van der Waals surface area (Å²) < 4.78 is 39.3. The third-order valence-corrected chi connectivity index (χ3v) is 5.94. The molecule has 1 fully saturated rings. The quantitative estimate of drug-likeness (QED) is 0.744. The Morgan fingerprint density at radius 2 is 1.83 bits per heavy atom. The molecule has 0 atom stereocenters. The van der Waals surface area contributed by atoms with E-state index in [4.69, 9.17) is 9.47 Å². The van der Waals surface area contributed by atoms with Crippen molar-refractivity contribution in [1.82, 2.24) is 4.90 Å². The van der Waals surface area contributed by atoms with Crippen molar-refractivity contribution in [2.24, 2.45) is 0 Å². The van der Waals surface area contributed by atoms with Gasteiger partial charge in [0.05, 0.1) is 29.4 Å². The topological polar surface area (TPSA) is 84.9 Å². The minimum atomic E-state index is -3.89. The first-order valence-electron chi connectivity index (χ1n) is 9.57. The van der Waals surface area contributed by atoms with Gasteiger partial charge in [-0.15, -0.1) is 0 Å². The molecule has 3 rings (SSSR count). The number of nitrogens with one attached hydrogen (secondary N) is 1. The Morgan fingerprint density at radius 3 is 2.48 bits per heavy atom. The summed E-state index contributed by atoms with van der Waals surface area (Å²) in [6.07, 6.45) is 1.87. The van der Waals surface area contributed by atoms with E-state index in [0.29, 0.717) is 30.3 Å². The zero-order valence-electron chi connectivity index (χ0n) is 16.8. The van der Waals surface area contributed by atoms with Crippen LogP contribution in [0.1, 0.15) is 37.0 Å². The molecule has 1 aliphatic rings. The fourth-order valence-electron chi connectivity index (χ4n) is 3.23. The maximum atomic E-state index is 12.9. The number of hydrogen-bond acceptors (Lipinski definition) is 5. The van der Waals surface area contributed by atoms with Crippen molar-refractivity contribution in [1.29, 1.82) is 0 Å². The highest BCUT2D eigenvalue weighted by molar-refractivity contribution is 7.92. The Kier molecular flexibility index (Phi) is 6.32. The second kappa shape index (κ2) is 8.73. The molecule has 0 aliphatic carbocycles. The molecule has 0 unspecified atom stereocenters. The van der Waals surface area contributed by atoms with E-state index in [0.717, 1.165) is 12.8 Å². The number of carbonyl (C=O) groups excluding carboxylic acids is 1. The number of amides is 1. The minimum absolute atomic E-state index is 0.00368. The SMILES string of the molecule is COc1ccc(S(=O)(=O)Nc2cccc(OC(C)C)c2)cc1C(=O)N1CCCC1. The Hall–Kier alpha value is -2.74. The lowest BCUT2D eigenvalue weighted by Crippen LogP contribution is -2.28. The summed E-state index contributed by atoms with van der Waals surface area (Å²) >= 11 is 0. The molecule has 29 heavy (non-hydrogen) atoms. The molecule has 1 aliphatic heterocycles. The van der Waals surface area contributed by atoms with E-state index in [1.54, 1.807) is 29.2 Å². The molecule has 156 valence electrons. The van der Waals surface area contributed by atoms with Gasteiger partial charge in [-0.05, 0) is 57.0 Å². The van der Waals surface area contributed by atoms with Crippen molar-refractivity contribution in [3.05, 3.63) is 48.0 Å². The van der Waals surface area contributed by atoms with Gasteiger partial charge < -0.3 is 14.4 Å². The molecule has 0 radical (unpaired) electrons. The summed E-state index contributed by atoms with van der Waals surface area (Å²) in [6, 6.07) is 11.1. The predicted molar refractivity (Wildman–Crippen MR) is 111 cm³/mol. The minimum Gasteiger partial charge on any atom is -0.496 e. The van der Waals surface area contributed by atoms with Crippen molar-refractivity contribution in [2.75, 3.05) is 24.9 Å². The molecule has 0 aromatic heterocycles. The van der Waals surface area contributed by atoms with Gasteiger partial charge in [-0.2, -0.15) is 0 Å². The number of ether oxygens (including phenoxy) is 2. The first-order valence-corrected chi connectivity index (χ1v) is 11.1. The van der Waals surface area contributed by atoms with E-state index in [1.807, 2.05) is 13.8 Å². The smallest absolute Gasteiger partial charge is 0.261 e. The molecule has 2 aromatic rings. The molecular formula is C21H26N2O5S. The fraction of sp³-hybridized carbons (Fsp3) is 0.381. The lowest BCUT2D eigenvalue weighted by molar-refractivity contribution is 0.0789. The van der Waals surface area contributed by atoms with Gasteiger partial charge in [0, 0.05) is 19.2 Å². The average molecular weight is 419 g/mol. The lowest BCUT2D eigenvalue weighted by atomic mass is 10.1. The van der Waals surface area contributed by atoms with E-state index in [9.17, 15) is 13.2 Å². The van der Waals surface area contributed by atoms with Crippen molar-refractivity contribution in [2.45, 2.75) is 37.7 Å². The molecule has 1 amide bonds. The van der Waals surface area contributed by atoms with Crippen LogP contribution >= 0.6 is 0 Å². The third-order valence-electron chi connectivity index (χ3n) is 4.56. The van der Waals surface area contributed by atoms with Gasteiger partial charge in [-0.1, -0.05) is 6.07 Å². The highest BCUT2D eigenvalue weighted by Crippen LogP contribution is 2.27. The molecule has 0 spiro atoms. The van der Waals surface area contributed by atoms with E-state index in [2.05, 4.69) is 4.72 Å². The number of sulfonamides is 1. The summed E-state index contributed by atoms with van der Waals surface area (Å²) in [5.41, 5.74) is 0.626.